The molecule has 0 amide bonds. The molecule has 0 aliphatic rings. The van der Waals surface area contributed by atoms with Crippen LogP contribution in [0.25, 0.3) is 0 Å². The zero-order valence-corrected chi connectivity index (χ0v) is 6.38. The largest absolute Gasteiger partial charge is 0.487 e. The van der Waals surface area contributed by atoms with Crippen molar-refractivity contribution in [1.82, 2.24) is 0 Å². The first-order chi connectivity index (χ1) is 3.41. The number of rotatable bonds is 3. The molecule has 42 valence electrons. The Morgan fingerprint density at radius 3 is 3.00 bits per heavy atom. The van der Waals surface area contributed by atoms with Gasteiger partial charge in [0.05, 0.1) is 13.7 Å². The van der Waals surface area contributed by atoms with E-state index in [1.165, 1.54) is 6.40 Å². The van der Waals surface area contributed by atoms with E-state index in [1.807, 2.05) is 0 Å². The molecule has 2 nitrogen and oxygen atoms in total. The van der Waals surface area contributed by atoms with Crippen molar-refractivity contribution in [2.24, 2.45) is 4.99 Å². The quantitative estimate of drug-likeness (QED) is 0.297. The molecule has 0 saturated heterocycles. The van der Waals surface area contributed by atoms with E-state index in [4.69, 9.17) is 0 Å². The first-order valence-corrected chi connectivity index (χ1v) is 3.51. The number of aliphatic imine (C=N–C) groups is 1. The number of methoxy groups -OCH3 is 1. The van der Waals surface area contributed by atoms with Crippen LogP contribution in [0.15, 0.2) is 4.99 Å². The van der Waals surface area contributed by atoms with Gasteiger partial charge in [-0.1, -0.05) is 22.6 Å². The highest BCUT2D eigenvalue weighted by molar-refractivity contribution is 14.1. The van der Waals surface area contributed by atoms with Crippen LogP contribution in [-0.4, -0.2) is 24.5 Å². The van der Waals surface area contributed by atoms with Gasteiger partial charge in [0.1, 0.15) is 0 Å². The van der Waals surface area contributed by atoms with Crippen LogP contribution < -0.4 is 0 Å². The third-order valence-electron chi connectivity index (χ3n) is 0.394. The maximum atomic E-state index is 4.55. The van der Waals surface area contributed by atoms with Gasteiger partial charge in [-0.2, -0.15) is 0 Å². The zero-order valence-electron chi connectivity index (χ0n) is 4.22. The molecule has 0 rings (SSSR count). The van der Waals surface area contributed by atoms with E-state index in [9.17, 15) is 0 Å². The summed E-state index contributed by atoms with van der Waals surface area (Å²) in [4.78, 5) is 3.85. The minimum Gasteiger partial charge on any atom is -0.487 e. The van der Waals surface area contributed by atoms with Crippen molar-refractivity contribution in [2.75, 3.05) is 18.1 Å². The van der Waals surface area contributed by atoms with E-state index < -0.39 is 0 Å². The van der Waals surface area contributed by atoms with Crippen molar-refractivity contribution in [2.45, 2.75) is 0 Å². The van der Waals surface area contributed by atoms with E-state index in [-0.39, 0.29) is 0 Å². The molecule has 0 aliphatic heterocycles. The maximum Gasteiger partial charge on any atom is 0.168 e. The molecule has 0 saturated carbocycles. The van der Waals surface area contributed by atoms with Gasteiger partial charge in [-0.25, -0.2) is 0 Å². The fraction of sp³-hybridized carbons (Fsp3) is 0.750. The van der Waals surface area contributed by atoms with Crippen LogP contribution in [0.2, 0.25) is 0 Å². The number of halogens is 1. The number of hydrogen-bond donors (Lipinski definition) is 0. The predicted octanol–water partition coefficient (Wildman–Crippen LogP) is 1.10. The van der Waals surface area contributed by atoms with Crippen LogP contribution in [0.5, 0.6) is 0 Å². The third kappa shape index (κ3) is 6.20. The molecule has 0 aromatic rings. The summed E-state index contributed by atoms with van der Waals surface area (Å²) in [6.45, 7) is 0.856. The minimum atomic E-state index is 0.856. The van der Waals surface area contributed by atoms with Gasteiger partial charge in [-0.15, -0.1) is 0 Å². The molecule has 7 heavy (non-hydrogen) atoms. The van der Waals surface area contributed by atoms with Crippen LogP contribution in [-0.2, 0) is 4.74 Å². The van der Waals surface area contributed by atoms with Gasteiger partial charge in [-0.05, 0) is 0 Å². The lowest BCUT2D eigenvalue weighted by Crippen LogP contribution is -1.82. The molecule has 0 unspecified atom stereocenters. The van der Waals surface area contributed by atoms with Gasteiger partial charge in [0.2, 0.25) is 0 Å². The van der Waals surface area contributed by atoms with E-state index in [0.29, 0.717) is 0 Å². The second kappa shape index (κ2) is 6.20. The van der Waals surface area contributed by atoms with E-state index in [1.54, 1.807) is 7.11 Å². The molecule has 0 atom stereocenters. The topological polar surface area (TPSA) is 21.6 Å². The van der Waals surface area contributed by atoms with E-state index in [0.717, 1.165) is 11.0 Å². The Labute approximate surface area is 57.1 Å². The summed E-state index contributed by atoms with van der Waals surface area (Å²) in [5, 5.41) is 0. The average molecular weight is 213 g/mol. The van der Waals surface area contributed by atoms with Crippen molar-refractivity contribution < 1.29 is 4.74 Å². The Morgan fingerprint density at radius 1 is 1.86 bits per heavy atom. The first-order valence-electron chi connectivity index (χ1n) is 1.99. The Morgan fingerprint density at radius 2 is 2.57 bits per heavy atom. The fourth-order valence-corrected chi connectivity index (χ4v) is 0.455. The smallest absolute Gasteiger partial charge is 0.168 e. The standard InChI is InChI=1S/C4H8INO/c1-7-4-6-3-2-5/h4H,2-3H2,1H3. The van der Waals surface area contributed by atoms with Crippen LogP contribution in [0, 0.1) is 0 Å². The van der Waals surface area contributed by atoms with Crippen molar-refractivity contribution in [3.05, 3.63) is 0 Å². The molecule has 0 aliphatic carbocycles. The summed E-state index contributed by atoms with van der Waals surface area (Å²) in [7, 11) is 1.59. The number of alkyl halides is 1. The summed E-state index contributed by atoms with van der Waals surface area (Å²) >= 11 is 2.26. The van der Waals surface area contributed by atoms with Crippen molar-refractivity contribution >= 4 is 29.0 Å². The second-order valence-corrected chi connectivity index (χ2v) is 2.02. The highest BCUT2D eigenvalue weighted by Gasteiger charge is 1.69. The maximum absolute atomic E-state index is 4.55. The van der Waals surface area contributed by atoms with Crippen molar-refractivity contribution in [3.63, 3.8) is 0 Å². The first kappa shape index (κ1) is 7.20. The van der Waals surface area contributed by atoms with Gasteiger partial charge >= 0.3 is 0 Å². The average Bonchev–Trinajstić information content (AvgIpc) is 1.69. The summed E-state index contributed by atoms with van der Waals surface area (Å²) < 4.78 is 5.60. The van der Waals surface area contributed by atoms with Crippen LogP contribution in [0.4, 0.5) is 0 Å². The lowest BCUT2D eigenvalue weighted by molar-refractivity contribution is 0.421. The van der Waals surface area contributed by atoms with Crippen LogP contribution >= 0.6 is 22.6 Å². The van der Waals surface area contributed by atoms with Gasteiger partial charge in [0.25, 0.3) is 0 Å². The van der Waals surface area contributed by atoms with Crippen molar-refractivity contribution in [1.29, 1.82) is 0 Å². The Hall–Kier alpha value is 0.200. The SMILES string of the molecule is COC=NCCI. The van der Waals surface area contributed by atoms with Gasteiger partial charge in [-0.3, -0.25) is 4.99 Å². The third-order valence-corrected chi connectivity index (χ3v) is 0.876. The van der Waals surface area contributed by atoms with E-state index in [2.05, 4.69) is 32.3 Å². The Bertz CT molecular complexity index is 55.7. The number of ether oxygens (including phenoxy) is 1. The molecule has 3 heteroatoms. The summed E-state index contributed by atoms with van der Waals surface area (Å²) in [6, 6.07) is 0. The molecule has 0 aromatic heterocycles. The molecule has 0 aromatic carbocycles. The lowest BCUT2D eigenvalue weighted by atomic mass is 10.8. The highest BCUT2D eigenvalue weighted by atomic mass is 127. The van der Waals surface area contributed by atoms with Gasteiger partial charge in [0.15, 0.2) is 6.40 Å². The normalized spacial score (nSPS) is 10.0. The van der Waals surface area contributed by atoms with Crippen LogP contribution in [0.3, 0.4) is 0 Å². The Kier molecular flexibility index (Phi) is 6.38. The zero-order chi connectivity index (χ0) is 5.54. The summed E-state index contributed by atoms with van der Waals surface area (Å²) in [5.74, 6) is 0. The molecule has 0 fully saturated rings. The molecule has 0 N–H and O–H groups in total. The van der Waals surface area contributed by atoms with Gasteiger partial charge in [0, 0.05) is 4.43 Å². The summed E-state index contributed by atoms with van der Waals surface area (Å²) in [6.07, 6.45) is 1.46. The molecular formula is C4H8INO. The van der Waals surface area contributed by atoms with Crippen LogP contribution in [0.1, 0.15) is 0 Å². The molecule has 0 heterocycles. The van der Waals surface area contributed by atoms with Gasteiger partial charge < -0.3 is 4.74 Å². The van der Waals surface area contributed by atoms with E-state index >= 15 is 0 Å². The second-order valence-electron chi connectivity index (χ2n) is 0.936. The number of nitrogens with zero attached hydrogens (tertiary/aromatic N) is 1. The minimum absolute atomic E-state index is 0.856. The fourth-order valence-electron chi connectivity index (χ4n) is 0.176. The number of hydrogen-bond acceptors (Lipinski definition) is 2. The monoisotopic (exact) mass is 213 g/mol. The molecular weight excluding hydrogens is 205 g/mol. The lowest BCUT2D eigenvalue weighted by Gasteiger charge is -1.83. The Balaban J connectivity index is 2.78. The molecule has 0 spiro atoms. The highest BCUT2D eigenvalue weighted by Crippen LogP contribution is 1.78. The predicted molar refractivity (Wildman–Crippen MR) is 39.3 cm³/mol. The summed E-state index contributed by atoms with van der Waals surface area (Å²) in [5.41, 5.74) is 0. The van der Waals surface area contributed by atoms with Crippen molar-refractivity contribution in [3.8, 4) is 0 Å². The molecule has 0 radical (unpaired) electrons. The molecule has 0 bridgehead atoms.